The highest BCUT2D eigenvalue weighted by molar-refractivity contribution is 5.83. The van der Waals surface area contributed by atoms with Crippen molar-refractivity contribution in [3.63, 3.8) is 0 Å². The van der Waals surface area contributed by atoms with Gasteiger partial charge in [0.1, 0.15) is 6.04 Å². The summed E-state index contributed by atoms with van der Waals surface area (Å²) >= 11 is 0. The fourth-order valence-electron chi connectivity index (χ4n) is 2.82. The summed E-state index contributed by atoms with van der Waals surface area (Å²) in [7, 11) is 0. The van der Waals surface area contributed by atoms with Crippen LogP contribution in [-0.4, -0.2) is 72.5 Å². The minimum absolute atomic E-state index is 0.0655. The van der Waals surface area contributed by atoms with Crippen LogP contribution in [0, 0.1) is 0 Å². The molecule has 2 aliphatic heterocycles. The van der Waals surface area contributed by atoms with Crippen LogP contribution in [0.3, 0.4) is 0 Å². The molecule has 2 fully saturated rings. The van der Waals surface area contributed by atoms with E-state index < -0.39 is 0 Å². The molecule has 0 unspecified atom stereocenters. The van der Waals surface area contributed by atoms with Crippen LogP contribution < -0.4 is 10.2 Å². The quantitative estimate of drug-likeness (QED) is 0.792. The van der Waals surface area contributed by atoms with Crippen molar-refractivity contribution >= 4 is 11.7 Å². The Kier molecular flexibility index (Phi) is 4.31. The molecule has 2 aliphatic rings. The van der Waals surface area contributed by atoms with Gasteiger partial charge in [0.25, 0.3) is 0 Å². The first-order valence-corrected chi connectivity index (χ1v) is 7.42. The second-order valence-corrected chi connectivity index (χ2v) is 5.40. The maximum Gasteiger partial charge on any atom is 0.242 e. The molecule has 1 aromatic rings. The molecule has 21 heavy (non-hydrogen) atoms. The van der Waals surface area contributed by atoms with Gasteiger partial charge in [-0.05, 0) is 19.1 Å². The molecule has 0 aromatic carbocycles. The van der Waals surface area contributed by atoms with Crippen molar-refractivity contribution in [1.82, 2.24) is 20.4 Å². The molecule has 7 nitrogen and oxygen atoms in total. The Hall–Kier alpha value is -1.73. The van der Waals surface area contributed by atoms with Crippen LogP contribution in [0.25, 0.3) is 0 Å². The first-order valence-electron chi connectivity index (χ1n) is 7.42. The average Bonchev–Trinajstić information content (AvgIpc) is 2.56. The molecule has 3 heterocycles. The number of piperazine rings is 1. The van der Waals surface area contributed by atoms with Crippen molar-refractivity contribution in [3.8, 4) is 0 Å². The summed E-state index contributed by atoms with van der Waals surface area (Å²) in [4.78, 5) is 16.6. The predicted octanol–water partition coefficient (Wildman–Crippen LogP) is -0.498. The summed E-state index contributed by atoms with van der Waals surface area (Å²) in [5, 5.41) is 11.3. The number of amides is 1. The number of rotatable bonds is 2. The molecule has 2 saturated heterocycles. The number of carbonyl (C=O) groups is 1. The van der Waals surface area contributed by atoms with Crippen LogP contribution in [0.2, 0.25) is 0 Å². The molecule has 1 amide bonds. The van der Waals surface area contributed by atoms with Crippen LogP contribution in [0.1, 0.15) is 6.92 Å². The molecule has 0 spiro atoms. The Balaban J connectivity index is 1.57. The second-order valence-electron chi connectivity index (χ2n) is 5.40. The molecule has 114 valence electrons. The molecule has 0 bridgehead atoms. The van der Waals surface area contributed by atoms with Gasteiger partial charge in [-0.3, -0.25) is 4.79 Å². The first kappa shape index (κ1) is 14.2. The Morgan fingerprint density at radius 1 is 1.38 bits per heavy atom. The number of morpholine rings is 1. The minimum Gasteiger partial charge on any atom is -0.375 e. The zero-order valence-corrected chi connectivity index (χ0v) is 12.2. The van der Waals surface area contributed by atoms with Crippen LogP contribution in [0.5, 0.6) is 0 Å². The lowest BCUT2D eigenvalue weighted by Gasteiger charge is -2.39. The number of ether oxygens (including phenoxy) is 1. The van der Waals surface area contributed by atoms with E-state index in [-0.39, 0.29) is 18.1 Å². The number of carbonyl (C=O) groups excluding carboxylic acids is 1. The molecule has 1 aromatic heterocycles. The zero-order chi connectivity index (χ0) is 14.7. The van der Waals surface area contributed by atoms with E-state index >= 15 is 0 Å². The van der Waals surface area contributed by atoms with E-state index in [9.17, 15) is 4.79 Å². The van der Waals surface area contributed by atoms with Crippen LogP contribution in [0.4, 0.5) is 5.82 Å². The Morgan fingerprint density at radius 3 is 2.86 bits per heavy atom. The monoisotopic (exact) mass is 291 g/mol. The Labute approximate surface area is 124 Å². The fourth-order valence-corrected chi connectivity index (χ4v) is 2.82. The van der Waals surface area contributed by atoms with Crippen molar-refractivity contribution in [2.45, 2.75) is 19.1 Å². The molecule has 0 aliphatic carbocycles. The molecule has 0 saturated carbocycles. The molecule has 1 N–H and O–H groups in total. The highest BCUT2D eigenvalue weighted by Crippen LogP contribution is 2.14. The maximum absolute atomic E-state index is 12.5. The molecular formula is C14H21N5O2. The number of aromatic nitrogens is 2. The molecule has 3 rings (SSSR count). The van der Waals surface area contributed by atoms with Crippen molar-refractivity contribution in [3.05, 3.63) is 18.3 Å². The summed E-state index contributed by atoms with van der Waals surface area (Å²) in [5.74, 6) is 1.01. The molecular weight excluding hydrogens is 270 g/mol. The number of anilines is 1. The van der Waals surface area contributed by atoms with Gasteiger partial charge in [-0.15, -0.1) is 5.10 Å². The maximum atomic E-state index is 12.5. The van der Waals surface area contributed by atoms with E-state index in [4.69, 9.17) is 4.74 Å². The van der Waals surface area contributed by atoms with Gasteiger partial charge in [-0.2, -0.15) is 5.10 Å². The second kappa shape index (κ2) is 6.36. The molecule has 7 heteroatoms. The van der Waals surface area contributed by atoms with Gasteiger partial charge >= 0.3 is 0 Å². The van der Waals surface area contributed by atoms with Crippen LogP contribution in [-0.2, 0) is 9.53 Å². The van der Waals surface area contributed by atoms with E-state index in [2.05, 4.69) is 20.4 Å². The lowest BCUT2D eigenvalue weighted by Crippen LogP contribution is -2.59. The smallest absolute Gasteiger partial charge is 0.242 e. The molecule has 2 atom stereocenters. The third-order valence-electron chi connectivity index (χ3n) is 4.06. The van der Waals surface area contributed by atoms with Crippen molar-refractivity contribution in [2.24, 2.45) is 0 Å². The predicted molar refractivity (Wildman–Crippen MR) is 78.0 cm³/mol. The van der Waals surface area contributed by atoms with Gasteiger partial charge in [0.15, 0.2) is 5.82 Å². The number of nitrogens with one attached hydrogen (secondary N) is 1. The van der Waals surface area contributed by atoms with E-state index in [1.54, 1.807) is 6.20 Å². The highest BCUT2D eigenvalue weighted by atomic mass is 16.5. The summed E-state index contributed by atoms with van der Waals surface area (Å²) < 4.78 is 5.55. The fraction of sp³-hybridized carbons (Fsp3) is 0.643. The first-order chi connectivity index (χ1) is 10.3. The van der Waals surface area contributed by atoms with Gasteiger partial charge < -0.3 is 19.9 Å². The lowest BCUT2D eigenvalue weighted by molar-refractivity contribution is -0.139. The van der Waals surface area contributed by atoms with E-state index in [0.717, 1.165) is 25.5 Å². The largest absolute Gasteiger partial charge is 0.375 e. The van der Waals surface area contributed by atoms with Gasteiger partial charge in [0.05, 0.1) is 12.7 Å². The van der Waals surface area contributed by atoms with Gasteiger partial charge in [0.2, 0.25) is 5.91 Å². The standard InChI is InChI=1S/C14H21N5O2/c1-11-13(15-5-10-21-11)14(20)19-8-6-18(7-9-19)12-3-2-4-16-17-12/h2-4,11,13,15H,5-10H2,1H3/t11-,13+/m1/s1. The van der Waals surface area contributed by atoms with E-state index in [1.807, 2.05) is 24.0 Å². The van der Waals surface area contributed by atoms with Crippen LogP contribution >= 0.6 is 0 Å². The number of hydrogen-bond acceptors (Lipinski definition) is 6. The summed E-state index contributed by atoms with van der Waals surface area (Å²) in [6.45, 7) is 6.34. The van der Waals surface area contributed by atoms with Gasteiger partial charge in [0, 0.05) is 38.9 Å². The Bertz CT molecular complexity index is 476. The highest BCUT2D eigenvalue weighted by Gasteiger charge is 2.33. The zero-order valence-electron chi connectivity index (χ0n) is 12.2. The van der Waals surface area contributed by atoms with Gasteiger partial charge in [-0.25, -0.2) is 0 Å². The topological polar surface area (TPSA) is 70.6 Å². The normalized spacial score (nSPS) is 26.7. The Morgan fingerprint density at radius 2 is 2.19 bits per heavy atom. The SMILES string of the molecule is C[C@H]1OCCN[C@@H]1C(=O)N1CCN(c2cccnn2)CC1. The number of hydrogen-bond donors (Lipinski definition) is 1. The summed E-state index contributed by atoms with van der Waals surface area (Å²) in [5.41, 5.74) is 0. The van der Waals surface area contributed by atoms with E-state index in [1.165, 1.54) is 0 Å². The third-order valence-corrected chi connectivity index (χ3v) is 4.06. The third kappa shape index (κ3) is 3.14. The summed E-state index contributed by atoms with van der Waals surface area (Å²) in [6.07, 6.45) is 1.60. The molecule has 0 radical (unpaired) electrons. The minimum atomic E-state index is -0.221. The van der Waals surface area contributed by atoms with E-state index in [0.29, 0.717) is 19.7 Å². The van der Waals surface area contributed by atoms with Crippen molar-refractivity contribution in [1.29, 1.82) is 0 Å². The van der Waals surface area contributed by atoms with Crippen molar-refractivity contribution in [2.75, 3.05) is 44.2 Å². The summed E-state index contributed by atoms with van der Waals surface area (Å²) in [6, 6.07) is 3.61. The van der Waals surface area contributed by atoms with Crippen LogP contribution in [0.15, 0.2) is 18.3 Å². The lowest BCUT2D eigenvalue weighted by atomic mass is 10.1. The van der Waals surface area contributed by atoms with Gasteiger partial charge in [-0.1, -0.05) is 0 Å². The van der Waals surface area contributed by atoms with Crippen molar-refractivity contribution < 1.29 is 9.53 Å². The average molecular weight is 291 g/mol. The number of nitrogens with zero attached hydrogens (tertiary/aromatic N) is 4.